The SMILES string of the molecule is CCN(CC)CCC(=O)NC(C)O. The van der Waals surface area contributed by atoms with Gasteiger partial charge in [-0.3, -0.25) is 4.79 Å². The predicted molar refractivity (Wildman–Crippen MR) is 52.2 cm³/mol. The number of nitrogens with one attached hydrogen (secondary N) is 1. The van der Waals surface area contributed by atoms with Crippen molar-refractivity contribution >= 4 is 5.91 Å². The summed E-state index contributed by atoms with van der Waals surface area (Å²) in [6.45, 7) is 8.34. The van der Waals surface area contributed by atoms with Crippen molar-refractivity contribution in [3.8, 4) is 0 Å². The van der Waals surface area contributed by atoms with Gasteiger partial charge in [-0.25, -0.2) is 0 Å². The van der Waals surface area contributed by atoms with Gasteiger partial charge in [0, 0.05) is 13.0 Å². The Balaban J connectivity index is 3.56. The van der Waals surface area contributed by atoms with Crippen LogP contribution in [0.15, 0.2) is 0 Å². The summed E-state index contributed by atoms with van der Waals surface area (Å²) in [7, 11) is 0. The van der Waals surface area contributed by atoms with Gasteiger partial charge in [0.25, 0.3) is 0 Å². The molecule has 1 unspecified atom stereocenters. The van der Waals surface area contributed by atoms with Gasteiger partial charge in [0.2, 0.25) is 5.91 Å². The van der Waals surface area contributed by atoms with Crippen molar-refractivity contribution in [3.05, 3.63) is 0 Å². The smallest absolute Gasteiger partial charge is 0.223 e. The van der Waals surface area contributed by atoms with E-state index in [1.165, 1.54) is 6.92 Å². The Morgan fingerprint density at radius 1 is 1.46 bits per heavy atom. The number of amides is 1. The van der Waals surface area contributed by atoms with Crippen molar-refractivity contribution < 1.29 is 9.90 Å². The summed E-state index contributed by atoms with van der Waals surface area (Å²) in [5.74, 6) is -0.0955. The van der Waals surface area contributed by atoms with Crippen molar-refractivity contribution in [2.75, 3.05) is 19.6 Å². The monoisotopic (exact) mass is 188 g/mol. The van der Waals surface area contributed by atoms with E-state index >= 15 is 0 Å². The zero-order valence-corrected chi connectivity index (χ0v) is 8.71. The molecule has 1 amide bonds. The third kappa shape index (κ3) is 6.54. The minimum atomic E-state index is -0.746. The normalized spacial score (nSPS) is 13.0. The van der Waals surface area contributed by atoms with Crippen LogP contribution in [0.2, 0.25) is 0 Å². The summed E-state index contributed by atoms with van der Waals surface area (Å²) >= 11 is 0. The first-order valence-electron chi connectivity index (χ1n) is 4.79. The van der Waals surface area contributed by atoms with E-state index in [1.807, 2.05) is 0 Å². The lowest BCUT2D eigenvalue weighted by Gasteiger charge is -2.17. The quantitative estimate of drug-likeness (QED) is 0.584. The van der Waals surface area contributed by atoms with Crippen LogP contribution in [0, 0.1) is 0 Å². The van der Waals surface area contributed by atoms with E-state index in [9.17, 15) is 4.79 Å². The number of aliphatic hydroxyl groups excluding tert-OH is 1. The number of nitrogens with zero attached hydrogens (tertiary/aromatic N) is 1. The Labute approximate surface area is 79.9 Å². The molecule has 0 rings (SSSR count). The largest absolute Gasteiger partial charge is 0.374 e. The Morgan fingerprint density at radius 2 is 2.00 bits per heavy atom. The predicted octanol–water partition coefficient (Wildman–Crippen LogP) is 0.173. The van der Waals surface area contributed by atoms with Gasteiger partial charge in [0.05, 0.1) is 0 Å². The molecule has 4 heteroatoms. The second kappa shape index (κ2) is 6.86. The molecule has 0 aromatic rings. The van der Waals surface area contributed by atoms with E-state index in [1.54, 1.807) is 0 Å². The van der Waals surface area contributed by atoms with Crippen LogP contribution in [0.5, 0.6) is 0 Å². The summed E-state index contributed by atoms with van der Waals surface area (Å²) < 4.78 is 0. The molecule has 78 valence electrons. The standard InChI is InChI=1S/C9H20N2O2/c1-4-11(5-2)7-6-9(13)10-8(3)12/h8,12H,4-7H2,1-3H3,(H,10,13). The van der Waals surface area contributed by atoms with E-state index in [-0.39, 0.29) is 5.91 Å². The highest BCUT2D eigenvalue weighted by Crippen LogP contribution is 1.90. The minimum Gasteiger partial charge on any atom is -0.374 e. The molecule has 2 N–H and O–H groups in total. The molecule has 0 aliphatic carbocycles. The zero-order valence-electron chi connectivity index (χ0n) is 8.71. The molecule has 0 aliphatic heterocycles. The average molecular weight is 188 g/mol. The Hall–Kier alpha value is -0.610. The van der Waals surface area contributed by atoms with Crippen molar-refractivity contribution in [1.82, 2.24) is 10.2 Å². The van der Waals surface area contributed by atoms with Gasteiger partial charge in [-0.1, -0.05) is 13.8 Å². The lowest BCUT2D eigenvalue weighted by atomic mass is 10.3. The summed E-state index contributed by atoms with van der Waals surface area (Å²) in [4.78, 5) is 13.3. The Kier molecular flexibility index (Phi) is 6.54. The molecule has 0 aliphatic rings. The average Bonchev–Trinajstić information content (AvgIpc) is 2.05. The van der Waals surface area contributed by atoms with Crippen LogP contribution in [0.4, 0.5) is 0 Å². The molecule has 0 aromatic carbocycles. The molecular formula is C9H20N2O2. The fraction of sp³-hybridized carbons (Fsp3) is 0.889. The second-order valence-electron chi connectivity index (χ2n) is 3.02. The van der Waals surface area contributed by atoms with Crippen molar-refractivity contribution in [3.63, 3.8) is 0 Å². The van der Waals surface area contributed by atoms with Crippen molar-refractivity contribution in [1.29, 1.82) is 0 Å². The first-order chi connectivity index (χ1) is 6.10. The highest BCUT2D eigenvalue weighted by Gasteiger charge is 2.06. The molecule has 0 saturated heterocycles. The number of rotatable bonds is 6. The Bertz CT molecular complexity index is 145. The number of carbonyl (C=O) groups is 1. The van der Waals surface area contributed by atoms with E-state index in [0.29, 0.717) is 6.42 Å². The minimum absolute atomic E-state index is 0.0955. The maximum absolute atomic E-state index is 11.1. The number of carbonyl (C=O) groups excluding carboxylic acids is 1. The molecule has 0 fully saturated rings. The van der Waals surface area contributed by atoms with Gasteiger partial charge in [-0.05, 0) is 20.0 Å². The van der Waals surface area contributed by atoms with E-state index in [4.69, 9.17) is 5.11 Å². The molecule has 0 bridgehead atoms. The van der Waals surface area contributed by atoms with Crippen molar-refractivity contribution in [2.45, 2.75) is 33.4 Å². The van der Waals surface area contributed by atoms with Crippen LogP contribution in [-0.2, 0) is 4.79 Å². The molecule has 1 atom stereocenters. The van der Waals surface area contributed by atoms with Gasteiger partial charge in [0.1, 0.15) is 6.23 Å². The highest BCUT2D eigenvalue weighted by molar-refractivity contribution is 5.76. The van der Waals surface area contributed by atoms with E-state index in [2.05, 4.69) is 24.1 Å². The molecule has 0 saturated carbocycles. The molecule has 0 aromatic heterocycles. The highest BCUT2D eigenvalue weighted by atomic mass is 16.3. The fourth-order valence-corrected chi connectivity index (χ4v) is 1.10. The van der Waals surface area contributed by atoms with Crippen molar-refractivity contribution in [2.24, 2.45) is 0 Å². The molecule has 0 spiro atoms. The second-order valence-corrected chi connectivity index (χ2v) is 3.02. The van der Waals surface area contributed by atoms with Crippen LogP contribution in [0.1, 0.15) is 27.2 Å². The number of aliphatic hydroxyl groups is 1. The van der Waals surface area contributed by atoms with Crippen LogP contribution in [0.3, 0.4) is 0 Å². The first-order valence-corrected chi connectivity index (χ1v) is 4.79. The lowest BCUT2D eigenvalue weighted by molar-refractivity contribution is -0.124. The van der Waals surface area contributed by atoms with Crippen LogP contribution in [-0.4, -0.2) is 41.8 Å². The maximum Gasteiger partial charge on any atom is 0.223 e. The van der Waals surface area contributed by atoms with Crippen LogP contribution < -0.4 is 5.32 Å². The number of hydrogen-bond donors (Lipinski definition) is 2. The molecule has 13 heavy (non-hydrogen) atoms. The summed E-state index contributed by atoms with van der Waals surface area (Å²) in [6.07, 6.45) is -0.295. The lowest BCUT2D eigenvalue weighted by Crippen LogP contribution is -2.35. The maximum atomic E-state index is 11.1. The molecule has 0 radical (unpaired) electrons. The van der Waals surface area contributed by atoms with Crippen LogP contribution >= 0.6 is 0 Å². The third-order valence-corrected chi connectivity index (χ3v) is 1.92. The first kappa shape index (κ1) is 12.4. The van der Waals surface area contributed by atoms with Gasteiger partial charge < -0.3 is 15.3 Å². The fourth-order valence-electron chi connectivity index (χ4n) is 1.10. The number of hydrogen-bond acceptors (Lipinski definition) is 3. The third-order valence-electron chi connectivity index (χ3n) is 1.92. The topological polar surface area (TPSA) is 52.6 Å². The molecule has 4 nitrogen and oxygen atoms in total. The molecule has 0 heterocycles. The van der Waals surface area contributed by atoms with Gasteiger partial charge in [-0.2, -0.15) is 0 Å². The van der Waals surface area contributed by atoms with Gasteiger partial charge in [0.15, 0.2) is 0 Å². The van der Waals surface area contributed by atoms with Gasteiger partial charge in [-0.15, -0.1) is 0 Å². The summed E-state index contributed by atoms with van der Waals surface area (Å²) in [5, 5.41) is 11.3. The summed E-state index contributed by atoms with van der Waals surface area (Å²) in [5.41, 5.74) is 0. The Morgan fingerprint density at radius 3 is 2.38 bits per heavy atom. The van der Waals surface area contributed by atoms with Gasteiger partial charge >= 0.3 is 0 Å². The summed E-state index contributed by atoms with van der Waals surface area (Å²) in [6, 6.07) is 0. The zero-order chi connectivity index (χ0) is 10.3. The van der Waals surface area contributed by atoms with Crippen LogP contribution in [0.25, 0.3) is 0 Å². The molecular weight excluding hydrogens is 168 g/mol. The van der Waals surface area contributed by atoms with E-state index in [0.717, 1.165) is 19.6 Å². The van der Waals surface area contributed by atoms with E-state index < -0.39 is 6.23 Å².